The number of nitrogens with zero attached hydrogens (tertiary/aromatic N) is 1. The predicted molar refractivity (Wildman–Crippen MR) is 67.0 cm³/mol. The molecule has 1 aromatic rings. The van der Waals surface area contributed by atoms with Crippen LogP contribution >= 0.6 is 0 Å². The van der Waals surface area contributed by atoms with Gasteiger partial charge in [0, 0.05) is 6.54 Å². The zero-order valence-electron chi connectivity index (χ0n) is 10.4. The van der Waals surface area contributed by atoms with Crippen LogP contribution in [0, 0.1) is 5.92 Å². The van der Waals surface area contributed by atoms with E-state index in [1.165, 1.54) is 0 Å². The summed E-state index contributed by atoms with van der Waals surface area (Å²) >= 11 is 0. The second-order valence-electron chi connectivity index (χ2n) is 4.21. The SMILES string of the molecule is CC[C@H](C)CN(N)C(=O)OCc1ccccc1. The average molecular weight is 236 g/mol. The molecule has 0 aliphatic heterocycles. The molecule has 0 bridgehead atoms. The minimum Gasteiger partial charge on any atom is -0.444 e. The molecule has 0 aliphatic rings. The maximum Gasteiger partial charge on any atom is 0.424 e. The summed E-state index contributed by atoms with van der Waals surface area (Å²) in [6, 6.07) is 9.54. The molecule has 1 atom stereocenters. The van der Waals surface area contributed by atoms with Gasteiger partial charge in [-0.25, -0.2) is 15.6 Å². The summed E-state index contributed by atoms with van der Waals surface area (Å²) in [4.78, 5) is 11.5. The number of hydrogen-bond donors (Lipinski definition) is 1. The number of hydrogen-bond acceptors (Lipinski definition) is 3. The Bertz CT molecular complexity index is 341. The van der Waals surface area contributed by atoms with Gasteiger partial charge in [0.15, 0.2) is 0 Å². The lowest BCUT2D eigenvalue weighted by molar-refractivity contribution is 0.0910. The normalized spacial score (nSPS) is 11.9. The topological polar surface area (TPSA) is 55.6 Å². The first-order chi connectivity index (χ1) is 8.13. The number of benzene rings is 1. The Kier molecular flexibility index (Phi) is 5.49. The molecule has 1 amide bonds. The summed E-state index contributed by atoms with van der Waals surface area (Å²) in [7, 11) is 0. The molecule has 0 radical (unpaired) electrons. The molecule has 0 saturated carbocycles. The minimum absolute atomic E-state index is 0.258. The van der Waals surface area contributed by atoms with Crippen molar-refractivity contribution in [2.24, 2.45) is 11.8 Å². The van der Waals surface area contributed by atoms with Crippen molar-refractivity contribution in [3.63, 3.8) is 0 Å². The Morgan fingerprint density at radius 1 is 1.41 bits per heavy atom. The van der Waals surface area contributed by atoms with Gasteiger partial charge in [-0.3, -0.25) is 0 Å². The molecule has 94 valence electrons. The minimum atomic E-state index is -0.478. The molecular formula is C13H20N2O2. The highest BCUT2D eigenvalue weighted by molar-refractivity contribution is 5.66. The van der Waals surface area contributed by atoms with Gasteiger partial charge in [0.05, 0.1) is 0 Å². The van der Waals surface area contributed by atoms with Crippen LogP contribution in [-0.2, 0) is 11.3 Å². The summed E-state index contributed by atoms with van der Waals surface area (Å²) < 4.78 is 5.10. The van der Waals surface area contributed by atoms with Gasteiger partial charge in [-0.15, -0.1) is 0 Å². The molecule has 0 aliphatic carbocycles. The molecule has 0 heterocycles. The molecule has 1 aromatic carbocycles. The monoisotopic (exact) mass is 236 g/mol. The molecule has 0 aromatic heterocycles. The number of ether oxygens (including phenoxy) is 1. The Morgan fingerprint density at radius 3 is 2.65 bits per heavy atom. The van der Waals surface area contributed by atoms with E-state index in [4.69, 9.17) is 10.6 Å². The van der Waals surface area contributed by atoms with Crippen LogP contribution < -0.4 is 5.84 Å². The van der Waals surface area contributed by atoms with Crippen LogP contribution in [0.25, 0.3) is 0 Å². The van der Waals surface area contributed by atoms with Gasteiger partial charge in [0.2, 0.25) is 0 Å². The van der Waals surface area contributed by atoms with Gasteiger partial charge in [-0.05, 0) is 11.5 Å². The third-order valence-electron chi connectivity index (χ3n) is 2.64. The highest BCUT2D eigenvalue weighted by Crippen LogP contribution is 2.05. The molecule has 0 spiro atoms. The van der Waals surface area contributed by atoms with Crippen molar-refractivity contribution in [3.05, 3.63) is 35.9 Å². The molecule has 17 heavy (non-hydrogen) atoms. The highest BCUT2D eigenvalue weighted by atomic mass is 16.6. The van der Waals surface area contributed by atoms with Crippen LogP contribution in [0.3, 0.4) is 0 Å². The zero-order chi connectivity index (χ0) is 12.7. The van der Waals surface area contributed by atoms with E-state index in [1.807, 2.05) is 37.3 Å². The second kappa shape index (κ2) is 6.91. The van der Waals surface area contributed by atoms with Crippen LogP contribution in [0.15, 0.2) is 30.3 Å². The van der Waals surface area contributed by atoms with Gasteiger partial charge < -0.3 is 4.74 Å². The van der Waals surface area contributed by atoms with E-state index in [9.17, 15) is 4.79 Å². The molecule has 4 nitrogen and oxygen atoms in total. The van der Waals surface area contributed by atoms with Gasteiger partial charge in [-0.1, -0.05) is 50.6 Å². The number of rotatable bonds is 5. The van der Waals surface area contributed by atoms with E-state index in [2.05, 4.69) is 6.92 Å². The Balaban J connectivity index is 2.34. The Hall–Kier alpha value is -1.55. The molecule has 4 heteroatoms. The number of carbonyl (C=O) groups is 1. The van der Waals surface area contributed by atoms with Crippen molar-refractivity contribution >= 4 is 6.09 Å². The van der Waals surface area contributed by atoms with Crippen LogP contribution in [0.4, 0.5) is 4.79 Å². The Labute approximate surface area is 102 Å². The average Bonchev–Trinajstić information content (AvgIpc) is 2.36. The lowest BCUT2D eigenvalue weighted by atomic mass is 10.1. The first kappa shape index (κ1) is 13.5. The number of carbonyl (C=O) groups excluding carboxylic acids is 1. The maximum atomic E-state index is 11.5. The van der Waals surface area contributed by atoms with Crippen molar-refractivity contribution in [2.45, 2.75) is 26.9 Å². The van der Waals surface area contributed by atoms with E-state index in [0.29, 0.717) is 12.5 Å². The van der Waals surface area contributed by atoms with E-state index in [0.717, 1.165) is 17.0 Å². The van der Waals surface area contributed by atoms with E-state index >= 15 is 0 Å². The largest absolute Gasteiger partial charge is 0.444 e. The fourth-order valence-electron chi connectivity index (χ4n) is 1.34. The Morgan fingerprint density at radius 2 is 2.06 bits per heavy atom. The summed E-state index contributed by atoms with van der Waals surface area (Å²) in [6.45, 7) is 4.89. The first-order valence-corrected chi connectivity index (χ1v) is 5.86. The molecule has 0 fully saturated rings. The fourth-order valence-corrected chi connectivity index (χ4v) is 1.34. The smallest absolute Gasteiger partial charge is 0.424 e. The fraction of sp³-hybridized carbons (Fsp3) is 0.462. The first-order valence-electron chi connectivity index (χ1n) is 5.86. The van der Waals surface area contributed by atoms with Gasteiger partial charge in [0.25, 0.3) is 0 Å². The van der Waals surface area contributed by atoms with E-state index in [-0.39, 0.29) is 6.61 Å². The lowest BCUT2D eigenvalue weighted by Crippen LogP contribution is -2.40. The summed E-state index contributed by atoms with van der Waals surface area (Å²) in [5.41, 5.74) is 0.956. The van der Waals surface area contributed by atoms with Crippen molar-refractivity contribution in [1.29, 1.82) is 0 Å². The van der Waals surface area contributed by atoms with Crippen molar-refractivity contribution in [2.75, 3.05) is 6.54 Å². The van der Waals surface area contributed by atoms with Crippen molar-refractivity contribution < 1.29 is 9.53 Å². The predicted octanol–water partition coefficient (Wildman–Crippen LogP) is 2.55. The number of amides is 1. The van der Waals surface area contributed by atoms with Gasteiger partial charge >= 0.3 is 6.09 Å². The highest BCUT2D eigenvalue weighted by Gasteiger charge is 2.13. The van der Waals surface area contributed by atoms with Crippen molar-refractivity contribution in [3.8, 4) is 0 Å². The van der Waals surface area contributed by atoms with Gasteiger partial charge in [0.1, 0.15) is 6.61 Å². The van der Waals surface area contributed by atoms with Crippen LogP contribution in [0.2, 0.25) is 0 Å². The molecule has 2 N–H and O–H groups in total. The third kappa shape index (κ3) is 4.87. The number of nitrogens with two attached hydrogens (primary N) is 1. The summed E-state index contributed by atoms with van der Waals surface area (Å²) in [5, 5.41) is 1.14. The van der Waals surface area contributed by atoms with Crippen LogP contribution in [0.5, 0.6) is 0 Å². The lowest BCUT2D eigenvalue weighted by Gasteiger charge is -2.19. The zero-order valence-corrected chi connectivity index (χ0v) is 10.4. The van der Waals surface area contributed by atoms with Crippen molar-refractivity contribution in [1.82, 2.24) is 5.01 Å². The number of hydrazine groups is 1. The third-order valence-corrected chi connectivity index (χ3v) is 2.64. The summed E-state index contributed by atoms with van der Waals surface area (Å²) in [5.74, 6) is 6.00. The molecule has 0 saturated heterocycles. The quantitative estimate of drug-likeness (QED) is 0.485. The van der Waals surface area contributed by atoms with E-state index in [1.54, 1.807) is 0 Å². The second-order valence-corrected chi connectivity index (χ2v) is 4.21. The summed E-state index contributed by atoms with van der Waals surface area (Å²) in [6.07, 6.45) is 0.508. The standard InChI is InChI=1S/C13H20N2O2/c1-3-11(2)9-15(14)13(16)17-10-12-7-5-4-6-8-12/h4-8,11H,3,9-10,14H2,1-2H3/t11-/m0/s1. The maximum absolute atomic E-state index is 11.5. The van der Waals surface area contributed by atoms with Crippen LogP contribution in [0.1, 0.15) is 25.8 Å². The molecule has 1 rings (SSSR count). The van der Waals surface area contributed by atoms with Crippen LogP contribution in [-0.4, -0.2) is 17.6 Å². The van der Waals surface area contributed by atoms with E-state index < -0.39 is 6.09 Å². The van der Waals surface area contributed by atoms with Gasteiger partial charge in [-0.2, -0.15) is 0 Å². The molecule has 0 unspecified atom stereocenters. The molecular weight excluding hydrogens is 216 g/mol.